The zero-order valence-electron chi connectivity index (χ0n) is 28.3. The first-order valence-corrected chi connectivity index (χ1v) is 20.1. The molecular weight excluding hydrogens is 547 g/mol. The Bertz CT molecular complexity index is 1170. The van der Waals surface area contributed by atoms with Crippen molar-refractivity contribution in [1.82, 2.24) is 5.32 Å². The number of hydrogen-bond acceptors (Lipinski definition) is 3. The Balaban J connectivity index is 1.09. The highest BCUT2D eigenvalue weighted by Crippen LogP contribution is 2.75. The number of nitrogens with one attached hydrogen (secondary N) is 1. The lowest BCUT2D eigenvalue weighted by molar-refractivity contribution is -0.212. The molecule has 6 aliphatic carbocycles. The molecule has 0 radical (unpaired) electrons. The summed E-state index contributed by atoms with van der Waals surface area (Å²) in [6, 6.07) is 0. The molecule has 9 unspecified atom stereocenters. The van der Waals surface area contributed by atoms with Crippen LogP contribution in [0.3, 0.4) is 0 Å². The normalized spacial score (nSPS) is 53.1. The molecule has 0 spiro atoms. The predicted molar refractivity (Wildman–Crippen MR) is 180 cm³/mol. The van der Waals surface area contributed by atoms with Crippen LogP contribution < -0.4 is 5.32 Å². The number of allylic oxidation sites excluding steroid dienone is 4. The Morgan fingerprint density at radius 2 is 1.65 bits per heavy atom. The van der Waals surface area contributed by atoms with E-state index in [1.807, 2.05) is 0 Å². The van der Waals surface area contributed by atoms with E-state index in [4.69, 9.17) is 0 Å². The van der Waals surface area contributed by atoms with Gasteiger partial charge in [0.1, 0.15) is 0 Å². The number of aliphatic hydroxyl groups is 1. The van der Waals surface area contributed by atoms with Crippen LogP contribution in [-0.4, -0.2) is 38.5 Å². The summed E-state index contributed by atoms with van der Waals surface area (Å²) in [5, 5.41) is 15.4. The maximum Gasteiger partial charge on any atom is 0.0677 e. The molecular formula is C39H63NO2S. The van der Waals surface area contributed by atoms with Crippen molar-refractivity contribution in [2.24, 2.45) is 51.8 Å². The Hall–Kier alpha value is -0.450. The van der Waals surface area contributed by atoms with Crippen molar-refractivity contribution in [2.75, 3.05) is 18.1 Å². The van der Waals surface area contributed by atoms with Crippen LogP contribution in [0, 0.1) is 51.8 Å². The summed E-state index contributed by atoms with van der Waals surface area (Å²) in [6.45, 7) is 14.2. The minimum Gasteiger partial charge on any atom is -0.390 e. The van der Waals surface area contributed by atoms with Gasteiger partial charge in [-0.15, -0.1) is 0 Å². The van der Waals surface area contributed by atoms with Crippen LogP contribution in [0.5, 0.6) is 0 Å². The first-order valence-electron chi connectivity index (χ1n) is 18.6. The maximum absolute atomic E-state index is 11.9. The van der Waals surface area contributed by atoms with Gasteiger partial charge >= 0.3 is 0 Å². The molecule has 0 aromatic carbocycles. The fraction of sp³-hybridized carbons (Fsp3) is 0.897. The Labute approximate surface area is 266 Å². The summed E-state index contributed by atoms with van der Waals surface area (Å²) in [7, 11) is -0.718. The van der Waals surface area contributed by atoms with Crippen LogP contribution in [0.2, 0.25) is 0 Å². The average molecular weight is 610 g/mol. The van der Waals surface area contributed by atoms with E-state index in [9.17, 15) is 9.32 Å². The van der Waals surface area contributed by atoms with Gasteiger partial charge < -0.3 is 10.4 Å². The molecule has 0 aromatic heterocycles. The summed E-state index contributed by atoms with van der Waals surface area (Å²) in [5.41, 5.74) is 4.44. The Morgan fingerprint density at radius 3 is 2.40 bits per heavy atom. The van der Waals surface area contributed by atoms with E-state index < -0.39 is 16.4 Å². The summed E-state index contributed by atoms with van der Waals surface area (Å²) >= 11 is 0. The Kier molecular flexibility index (Phi) is 8.03. The van der Waals surface area contributed by atoms with E-state index in [0.29, 0.717) is 46.5 Å². The van der Waals surface area contributed by atoms with Crippen molar-refractivity contribution in [2.45, 2.75) is 148 Å². The van der Waals surface area contributed by atoms with Crippen molar-refractivity contribution < 1.29 is 9.32 Å². The van der Waals surface area contributed by atoms with Crippen LogP contribution in [0.25, 0.3) is 0 Å². The van der Waals surface area contributed by atoms with Crippen LogP contribution in [0.4, 0.5) is 0 Å². The molecule has 43 heavy (non-hydrogen) atoms. The van der Waals surface area contributed by atoms with E-state index in [0.717, 1.165) is 42.6 Å². The third-order valence-corrected chi connectivity index (χ3v) is 17.6. The van der Waals surface area contributed by atoms with Crippen molar-refractivity contribution in [3.8, 4) is 0 Å². The predicted octanol–water partition coefficient (Wildman–Crippen LogP) is 8.74. The van der Waals surface area contributed by atoms with Crippen LogP contribution >= 0.6 is 0 Å². The SMILES string of the molecule is CC1CC=C(C2=CCC3(C)C(CCC4(C)C3CCC3C5CCCC5(NCCC5(O)CCS(=O)CC5)CC[C@]34C)C2C)CC1. The summed E-state index contributed by atoms with van der Waals surface area (Å²) in [4.78, 5) is 0. The largest absolute Gasteiger partial charge is 0.390 e. The standard InChI is InChI=1S/C39H63NO2S/c1-27-8-10-29(11-9-27)30-14-17-35(3)31(28(30)2)15-18-37(5)34(35)13-12-32-33-7-6-16-39(33,20-19-36(32,37)4)40-24-21-38(41)22-25-43(42)26-23-38/h10,14,27-28,31-34,40-41H,6-9,11-13,15-26H2,1-5H3/t27?,28?,31?,32?,33?,34?,35?,36-,37?,38?,39?,43?/m1/s1. The number of hydrogen-bond donors (Lipinski definition) is 2. The van der Waals surface area contributed by atoms with Crippen LogP contribution in [0.15, 0.2) is 23.3 Å². The van der Waals surface area contributed by atoms with E-state index in [1.165, 1.54) is 83.5 Å². The fourth-order valence-corrected chi connectivity index (χ4v) is 14.8. The van der Waals surface area contributed by atoms with Gasteiger partial charge in [0.05, 0.1) is 5.60 Å². The highest BCUT2D eigenvalue weighted by molar-refractivity contribution is 7.85. The topological polar surface area (TPSA) is 49.3 Å². The Morgan fingerprint density at radius 1 is 0.860 bits per heavy atom. The highest BCUT2D eigenvalue weighted by atomic mass is 32.2. The van der Waals surface area contributed by atoms with Gasteiger partial charge in [0, 0.05) is 27.8 Å². The summed E-state index contributed by atoms with van der Waals surface area (Å²) in [5.74, 6) is 6.23. The van der Waals surface area contributed by atoms with E-state index in [1.54, 1.807) is 11.1 Å². The minimum atomic E-state index is -0.718. The first-order chi connectivity index (χ1) is 20.4. The van der Waals surface area contributed by atoms with Crippen LogP contribution in [0.1, 0.15) is 137 Å². The van der Waals surface area contributed by atoms with Crippen molar-refractivity contribution in [1.29, 1.82) is 0 Å². The number of fused-ring (bicyclic) bond motifs is 7. The van der Waals surface area contributed by atoms with Crippen molar-refractivity contribution >= 4 is 10.8 Å². The zero-order chi connectivity index (χ0) is 30.3. The molecule has 4 heteroatoms. The molecule has 1 aliphatic heterocycles. The average Bonchev–Trinajstić information content (AvgIpc) is 3.40. The van der Waals surface area contributed by atoms with Crippen molar-refractivity contribution in [3.05, 3.63) is 23.3 Å². The van der Waals surface area contributed by atoms with Gasteiger partial charge in [0.25, 0.3) is 0 Å². The lowest BCUT2D eigenvalue weighted by Crippen LogP contribution is -2.67. The second kappa shape index (κ2) is 11.1. The number of rotatable bonds is 5. The lowest BCUT2D eigenvalue weighted by atomic mass is 9.34. The van der Waals surface area contributed by atoms with Gasteiger partial charge in [-0.3, -0.25) is 4.21 Å². The molecule has 2 N–H and O–H groups in total. The highest BCUT2D eigenvalue weighted by Gasteiger charge is 2.68. The minimum absolute atomic E-state index is 0.282. The summed E-state index contributed by atoms with van der Waals surface area (Å²) < 4.78 is 11.9. The quantitative estimate of drug-likeness (QED) is 0.328. The van der Waals surface area contributed by atoms with Gasteiger partial charge in [-0.25, -0.2) is 0 Å². The molecule has 0 aromatic rings. The molecule has 1 saturated heterocycles. The fourth-order valence-electron chi connectivity index (χ4n) is 13.4. The smallest absolute Gasteiger partial charge is 0.0677 e. The van der Waals surface area contributed by atoms with E-state index in [2.05, 4.69) is 52.1 Å². The van der Waals surface area contributed by atoms with E-state index in [-0.39, 0.29) is 5.54 Å². The zero-order valence-corrected chi connectivity index (χ0v) is 29.1. The molecule has 1 heterocycles. The lowest BCUT2D eigenvalue weighted by Gasteiger charge is -2.71. The molecule has 10 atom stereocenters. The second-order valence-corrected chi connectivity index (χ2v) is 19.6. The monoisotopic (exact) mass is 609 g/mol. The molecule has 0 amide bonds. The van der Waals surface area contributed by atoms with Gasteiger partial charge in [-0.05, 0) is 166 Å². The van der Waals surface area contributed by atoms with Gasteiger partial charge in [-0.1, -0.05) is 53.2 Å². The van der Waals surface area contributed by atoms with Gasteiger partial charge in [-0.2, -0.15) is 0 Å². The second-order valence-electron chi connectivity index (χ2n) is 17.9. The molecule has 4 saturated carbocycles. The molecule has 3 nitrogen and oxygen atoms in total. The first kappa shape index (κ1) is 31.2. The molecule has 7 aliphatic rings. The summed E-state index contributed by atoms with van der Waals surface area (Å²) in [6.07, 6.45) is 25.4. The third-order valence-electron chi connectivity index (χ3n) is 16.3. The molecule has 0 bridgehead atoms. The van der Waals surface area contributed by atoms with Crippen LogP contribution in [-0.2, 0) is 10.8 Å². The maximum atomic E-state index is 11.9. The molecule has 7 rings (SSSR count). The van der Waals surface area contributed by atoms with E-state index >= 15 is 0 Å². The molecule has 242 valence electrons. The van der Waals surface area contributed by atoms with Gasteiger partial charge in [0.15, 0.2) is 0 Å². The molecule has 5 fully saturated rings. The van der Waals surface area contributed by atoms with Crippen molar-refractivity contribution in [3.63, 3.8) is 0 Å². The van der Waals surface area contributed by atoms with Gasteiger partial charge in [0.2, 0.25) is 0 Å². The third kappa shape index (κ3) is 4.87.